The third-order valence-corrected chi connectivity index (χ3v) is 5.18. The van der Waals surface area contributed by atoms with Gasteiger partial charge in [0.1, 0.15) is 5.69 Å². The zero-order valence-electron chi connectivity index (χ0n) is 14.7. The second kappa shape index (κ2) is 7.68. The summed E-state index contributed by atoms with van der Waals surface area (Å²) in [6.45, 7) is 1.77. The first kappa shape index (κ1) is 16.8. The molecule has 26 heavy (non-hydrogen) atoms. The van der Waals surface area contributed by atoms with E-state index in [1.165, 1.54) is 16.0 Å². The number of nitrogens with zero attached hydrogens (tertiary/aromatic N) is 3. The molecule has 0 aliphatic carbocycles. The standard InChI is InChI=1S/C22H21N3S/c1-24(15-18-9-4-2-5-10-18)16-19-17-25(20-11-6-3-7-12-20)23-22(19)21-13-8-14-26-21/h2-14,17H,15-16H2,1H3. The summed E-state index contributed by atoms with van der Waals surface area (Å²) in [5.74, 6) is 0. The quantitative estimate of drug-likeness (QED) is 0.470. The predicted molar refractivity (Wildman–Crippen MR) is 108 cm³/mol. The van der Waals surface area contributed by atoms with Crippen molar-refractivity contribution >= 4 is 11.3 Å². The van der Waals surface area contributed by atoms with Crippen molar-refractivity contribution in [2.24, 2.45) is 0 Å². The van der Waals surface area contributed by atoms with Crippen LogP contribution < -0.4 is 0 Å². The van der Waals surface area contributed by atoms with Crippen LogP contribution in [-0.4, -0.2) is 21.7 Å². The molecule has 4 heteroatoms. The van der Waals surface area contributed by atoms with Crippen molar-refractivity contribution in [3.8, 4) is 16.3 Å². The molecule has 2 aromatic carbocycles. The van der Waals surface area contributed by atoms with Crippen molar-refractivity contribution in [1.82, 2.24) is 14.7 Å². The summed E-state index contributed by atoms with van der Waals surface area (Å²) >= 11 is 1.74. The Morgan fingerprint density at radius 3 is 2.31 bits per heavy atom. The summed E-state index contributed by atoms with van der Waals surface area (Å²) in [4.78, 5) is 3.54. The molecule has 0 aliphatic rings. The zero-order valence-corrected chi connectivity index (χ0v) is 15.6. The van der Waals surface area contributed by atoms with Gasteiger partial charge >= 0.3 is 0 Å². The topological polar surface area (TPSA) is 21.1 Å². The summed E-state index contributed by atoms with van der Waals surface area (Å²) in [6, 6.07) is 25.1. The van der Waals surface area contributed by atoms with E-state index in [9.17, 15) is 0 Å². The third-order valence-electron chi connectivity index (χ3n) is 4.30. The van der Waals surface area contributed by atoms with Gasteiger partial charge < -0.3 is 0 Å². The average molecular weight is 359 g/mol. The van der Waals surface area contributed by atoms with Crippen molar-refractivity contribution in [2.45, 2.75) is 13.1 Å². The van der Waals surface area contributed by atoms with Gasteiger partial charge in [-0.25, -0.2) is 4.68 Å². The summed E-state index contributed by atoms with van der Waals surface area (Å²) in [5, 5.41) is 6.99. The second-order valence-corrected chi connectivity index (χ2v) is 7.37. The molecule has 0 atom stereocenters. The summed E-state index contributed by atoms with van der Waals surface area (Å²) in [5.41, 5.74) is 4.73. The molecule has 0 N–H and O–H groups in total. The lowest BCUT2D eigenvalue weighted by Crippen LogP contribution is -2.17. The maximum absolute atomic E-state index is 4.88. The number of thiophene rings is 1. The van der Waals surface area contributed by atoms with E-state index in [4.69, 9.17) is 5.10 Å². The van der Waals surface area contributed by atoms with Crippen LogP contribution in [0.25, 0.3) is 16.3 Å². The Morgan fingerprint density at radius 2 is 1.62 bits per heavy atom. The van der Waals surface area contributed by atoms with Crippen molar-refractivity contribution in [3.05, 3.63) is 95.5 Å². The normalized spacial score (nSPS) is 11.2. The van der Waals surface area contributed by atoms with Crippen LogP contribution in [0.5, 0.6) is 0 Å². The summed E-state index contributed by atoms with van der Waals surface area (Å²) in [7, 11) is 2.16. The largest absolute Gasteiger partial charge is 0.298 e. The molecule has 0 bridgehead atoms. The SMILES string of the molecule is CN(Cc1ccccc1)Cc1cn(-c2ccccc2)nc1-c1cccs1. The molecular weight excluding hydrogens is 338 g/mol. The Kier molecular flexibility index (Phi) is 4.95. The fourth-order valence-electron chi connectivity index (χ4n) is 3.10. The van der Waals surface area contributed by atoms with Crippen LogP contribution in [0.4, 0.5) is 0 Å². The fraction of sp³-hybridized carbons (Fsp3) is 0.136. The van der Waals surface area contributed by atoms with Gasteiger partial charge in [0, 0.05) is 24.8 Å². The molecule has 0 fully saturated rings. The Labute approximate surface area is 158 Å². The Morgan fingerprint density at radius 1 is 0.885 bits per heavy atom. The van der Waals surface area contributed by atoms with Crippen molar-refractivity contribution in [3.63, 3.8) is 0 Å². The van der Waals surface area contributed by atoms with Gasteiger partial charge in [-0.15, -0.1) is 11.3 Å². The van der Waals surface area contributed by atoms with E-state index in [1.54, 1.807) is 11.3 Å². The second-order valence-electron chi connectivity index (χ2n) is 6.42. The van der Waals surface area contributed by atoms with Crippen LogP contribution in [-0.2, 0) is 13.1 Å². The summed E-state index contributed by atoms with van der Waals surface area (Å²) < 4.78 is 1.99. The number of hydrogen-bond donors (Lipinski definition) is 0. The van der Waals surface area contributed by atoms with Crippen molar-refractivity contribution in [2.75, 3.05) is 7.05 Å². The molecule has 3 nitrogen and oxygen atoms in total. The molecule has 2 aromatic heterocycles. The first-order chi connectivity index (χ1) is 12.8. The first-order valence-electron chi connectivity index (χ1n) is 8.70. The van der Waals surface area contributed by atoms with E-state index >= 15 is 0 Å². The molecule has 0 amide bonds. The maximum Gasteiger partial charge on any atom is 0.107 e. The molecule has 2 heterocycles. The van der Waals surface area contributed by atoms with Crippen molar-refractivity contribution in [1.29, 1.82) is 0 Å². The highest BCUT2D eigenvalue weighted by Crippen LogP contribution is 2.28. The molecule has 4 aromatic rings. The van der Waals surface area contributed by atoms with Crippen LogP contribution in [0, 0.1) is 0 Å². The molecular formula is C22H21N3S. The molecule has 0 saturated carbocycles. The summed E-state index contributed by atoms with van der Waals surface area (Å²) in [6.07, 6.45) is 2.16. The zero-order chi connectivity index (χ0) is 17.8. The van der Waals surface area contributed by atoms with Gasteiger partial charge in [0.05, 0.1) is 10.6 Å². The van der Waals surface area contributed by atoms with Gasteiger partial charge in [0.15, 0.2) is 0 Å². The number of para-hydroxylation sites is 1. The van der Waals surface area contributed by atoms with Crippen LogP contribution in [0.15, 0.2) is 84.4 Å². The molecule has 130 valence electrons. The van der Waals surface area contributed by atoms with Gasteiger partial charge in [-0.1, -0.05) is 54.6 Å². The van der Waals surface area contributed by atoms with E-state index in [1.807, 2.05) is 22.9 Å². The van der Waals surface area contributed by atoms with E-state index in [-0.39, 0.29) is 0 Å². The molecule has 4 rings (SSSR count). The van der Waals surface area contributed by atoms with E-state index in [0.717, 1.165) is 24.5 Å². The minimum Gasteiger partial charge on any atom is -0.298 e. The minimum atomic E-state index is 0.856. The van der Waals surface area contributed by atoms with Crippen LogP contribution in [0.3, 0.4) is 0 Å². The molecule has 0 radical (unpaired) electrons. The van der Waals surface area contributed by atoms with Crippen molar-refractivity contribution < 1.29 is 0 Å². The molecule has 0 unspecified atom stereocenters. The number of rotatable bonds is 6. The lowest BCUT2D eigenvalue weighted by atomic mass is 10.2. The highest BCUT2D eigenvalue weighted by Gasteiger charge is 2.15. The van der Waals surface area contributed by atoms with Gasteiger partial charge in [-0.05, 0) is 36.2 Å². The van der Waals surface area contributed by atoms with E-state index in [2.05, 4.69) is 78.1 Å². The number of benzene rings is 2. The fourth-order valence-corrected chi connectivity index (χ4v) is 3.85. The van der Waals surface area contributed by atoms with Gasteiger partial charge in [0.25, 0.3) is 0 Å². The van der Waals surface area contributed by atoms with Crippen LogP contribution in [0.1, 0.15) is 11.1 Å². The Hall–Kier alpha value is -2.69. The lowest BCUT2D eigenvalue weighted by molar-refractivity contribution is 0.319. The van der Waals surface area contributed by atoms with Gasteiger partial charge in [-0.3, -0.25) is 4.90 Å². The lowest BCUT2D eigenvalue weighted by Gasteiger charge is -2.16. The average Bonchev–Trinajstić information content (AvgIpc) is 3.33. The highest BCUT2D eigenvalue weighted by molar-refractivity contribution is 7.13. The predicted octanol–water partition coefficient (Wildman–Crippen LogP) is 5.23. The van der Waals surface area contributed by atoms with Gasteiger partial charge in [0.2, 0.25) is 0 Å². The van der Waals surface area contributed by atoms with Gasteiger partial charge in [-0.2, -0.15) is 5.10 Å². The molecule has 0 spiro atoms. The Balaban J connectivity index is 1.62. The first-order valence-corrected chi connectivity index (χ1v) is 9.58. The third kappa shape index (κ3) is 3.77. The number of aromatic nitrogens is 2. The highest BCUT2D eigenvalue weighted by atomic mass is 32.1. The van der Waals surface area contributed by atoms with E-state index in [0.29, 0.717) is 0 Å². The smallest absolute Gasteiger partial charge is 0.107 e. The maximum atomic E-state index is 4.88. The Bertz CT molecular complexity index is 944. The monoisotopic (exact) mass is 359 g/mol. The van der Waals surface area contributed by atoms with Crippen LogP contribution in [0.2, 0.25) is 0 Å². The minimum absolute atomic E-state index is 0.856. The number of hydrogen-bond acceptors (Lipinski definition) is 3. The molecule has 0 aliphatic heterocycles. The molecule has 0 saturated heterocycles. The van der Waals surface area contributed by atoms with Crippen LogP contribution >= 0.6 is 11.3 Å². The van der Waals surface area contributed by atoms with E-state index < -0.39 is 0 Å².